The molecule has 0 spiro atoms. The van der Waals surface area contributed by atoms with Gasteiger partial charge in [0.15, 0.2) is 12.4 Å². The monoisotopic (exact) mass is 463 g/mol. The zero-order valence-corrected chi connectivity index (χ0v) is 18.2. The van der Waals surface area contributed by atoms with Crippen molar-refractivity contribution >= 4 is 23.8 Å². The smallest absolute Gasteiger partial charge is 0.343 e. The van der Waals surface area contributed by atoms with Crippen molar-refractivity contribution in [2.75, 3.05) is 13.2 Å². The van der Waals surface area contributed by atoms with E-state index in [0.29, 0.717) is 29.2 Å². The van der Waals surface area contributed by atoms with E-state index in [1.165, 1.54) is 24.4 Å². The quantitative estimate of drug-likeness (QED) is 0.159. The van der Waals surface area contributed by atoms with Gasteiger partial charge in [-0.25, -0.2) is 10.2 Å². The summed E-state index contributed by atoms with van der Waals surface area (Å²) in [6, 6.07) is 18.9. The number of hydrogen-bond donors (Lipinski definition) is 1. The van der Waals surface area contributed by atoms with E-state index in [1.54, 1.807) is 54.6 Å². The number of nitrogens with zero attached hydrogens (tertiary/aromatic N) is 2. The molecule has 10 nitrogen and oxygen atoms in total. The van der Waals surface area contributed by atoms with Gasteiger partial charge in [0.05, 0.1) is 23.3 Å². The first-order valence-electron chi connectivity index (χ1n) is 10.2. The van der Waals surface area contributed by atoms with Crippen LogP contribution >= 0.6 is 0 Å². The molecule has 0 fully saturated rings. The summed E-state index contributed by atoms with van der Waals surface area (Å²) >= 11 is 0. The molecule has 0 radical (unpaired) electrons. The fourth-order valence-electron chi connectivity index (χ4n) is 2.73. The first kappa shape index (κ1) is 23.9. The molecule has 174 valence electrons. The molecule has 0 aromatic heterocycles. The molecule has 0 atom stereocenters. The van der Waals surface area contributed by atoms with E-state index in [4.69, 9.17) is 14.2 Å². The van der Waals surface area contributed by atoms with E-state index < -0.39 is 23.4 Å². The molecule has 0 saturated heterocycles. The summed E-state index contributed by atoms with van der Waals surface area (Å²) in [5, 5.41) is 14.8. The van der Waals surface area contributed by atoms with Gasteiger partial charge in [-0.3, -0.25) is 14.9 Å². The molecule has 0 aliphatic carbocycles. The number of carbonyl (C=O) groups excluding carboxylic acids is 2. The summed E-state index contributed by atoms with van der Waals surface area (Å²) in [4.78, 5) is 34.5. The van der Waals surface area contributed by atoms with Gasteiger partial charge in [-0.2, -0.15) is 5.10 Å². The Bertz CT molecular complexity index is 1180. The van der Waals surface area contributed by atoms with Gasteiger partial charge in [0.2, 0.25) is 0 Å². The maximum Gasteiger partial charge on any atom is 0.343 e. The van der Waals surface area contributed by atoms with E-state index >= 15 is 0 Å². The summed E-state index contributed by atoms with van der Waals surface area (Å²) in [5.41, 5.74) is 3.07. The van der Waals surface area contributed by atoms with Crippen LogP contribution in [0.15, 0.2) is 77.9 Å². The minimum Gasteiger partial charge on any atom is -0.494 e. The summed E-state index contributed by atoms with van der Waals surface area (Å²) in [7, 11) is 0. The van der Waals surface area contributed by atoms with Crippen LogP contribution in [-0.2, 0) is 4.79 Å². The molecule has 3 aromatic carbocycles. The number of esters is 1. The lowest BCUT2D eigenvalue weighted by molar-refractivity contribution is -0.385. The third-order valence-electron chi connectivity index (χ3n) is 4.32. The van der Waals surface area contributed by atoms with Gasteiger partial charge in [-0.05, 0) is 67.1 Å². The Hall–Kier alpha value is -4.73. The summed E-state index contributed by atoms with van der Waals surface area (Å²) in [6.07, 6.45) is 1.39. The zero-order valence-electron chi connectivity index (χ0n) is 18.2. The van der Waals surface area contributed by atoms with Crippen LogP contribution in [0.1, 0.15) is 22.8 Å². The normalized spacial score (nSPS) is 10.5. The average molecular weight is 463 g/mol. The predicted octanol–water partition coefficient (Wildman–Crippen LogP) is 3.74. The lowest BCUT2D eigenvalue weighted by Crippen LogP contribution is -2.24. The number of rotatable bonds is 10. The Balaban J connectivity index is 1.47. The van der Waals surface area contributed by atoms with Crippen molar-refractivity contribution in [1.29, 1.82) is 0 Å². The lowest BCUT2D eigenvalue weighted by atomic mass is 10.2. The molecule has 3 aromatic rings. The van der Waals surface area contributed by atoms with E-state index in [2.05, 4.69) is 10.5 Å². The number of amides is 1. The molecule has 1 N–H and O–H groups in total. The number of nitrogens with one attached hydrogen (secondary N) is 1. The second-order valence-corrected chi connectivity index (χ2v) is 6.72. The number of nitro groups is 1. The van der Waals surface area contributed by atoms with E-state index in [-0.39, 0.29) is 11.4 Å². The number of para-hydroxylation sites is 2. The standard InChI is InChI=1S/C24H21N3O7/c1-2-32-19-13-9-18(10-14-19)24(29)34-20-11-7-17(8-12-20)15-25-26-23(28)16-33-22-6-4-3-5-21(22)27(30)31/h3-15H,2,16H2,1H3,(H,26,28). The Morgan fingerprint density at radius 2 is 1.65 bits per heavy atom. The minimum atomic E-state index is -0.593. The first-order chi connectivity index (χ1) is 16.5. The summed E-state index contributed by atoms with van der Waals surface area (Å²) in [5.74, 6) is -0.0895. The maximum absolute atomic E-state index is 12.3. The molecule has 0 aliphatic rings. The van der Waals surface area contributed by atoms with Gasteiger partial charge in [0, 0.05) is 6.07 Å². The highest BCUT2D eigenvalue weighted by atomic mass is 16.6. The zero-order chi connectivity index (χ0) is 24.3. The maximum atomic E-state index is 12.3. The van der Waals surface area contributed by atoms with Crippen LogP contribution in [0, 0.1) is 10.1 Å². The van der Waals surface area contributed by atoms with Crippen LogP contribution in [0.2, 0.25) is 0 Å². The highest BCUT2D eigenvalue weighted by Gasteiger charge is 2.14. The van der Waals surface area contributed by atoms with Crippen molar-refractivity contribution in [2.24, 2.45) is 5.10 Å². The average Bonchev–Trinajstić information content (AvgIpc) is 2.84. The second kappa shape index (κ2) is 11.8. The largest absolute Gasteiger partial charge is 0.494 e. The highest BCUT2D eigenvalue weighted by Crippen LogP contribution is 2.25. The van der Waals surface area contributed by atoms with Crippen LogP contribution in [0.4, 0.5) is 5.69 Å². The van der Waals surface area contributed by atoms with Crippen molar-refractivity contribution in [3.8, 4) is 17.2 Å². The van der Waals surface area contributed by atoms with E-state index in [0.717, 1.165) is 0 Å². The predicted molar refractivity (Wildman–Crippen MR) is 123 cm³/mol. The molecule has 0 unspecified atom stereocenters. The highest BCUT2D eigenvalue weighted by molar-refractivity contribution is 5.91. The third kappa shape index (κ3) is 6.89. The fraction of sp³-hybridized carbons (Fsp3) is 0.125. The number of benzene rings is 3. The fourth-order valence-corrected chi connectivity index (χ4v) is 2.73. The molecule has 34 heavy (non-hydrogen) atoms. The van der Waals surface area contributed by atoms with Crippen LogP contribution in [0.5, 0.6) is 17.2 Å². The topological polar surface area (TPSA) is 129 Å². The number of hydrazone groups is 1. The van der Waals surface area contributed by atoms with Gasteiger partial charge in [0.25, 0.3) is 5.91 Å². The second-order valence-electron chi connectivity index (χ2n) is 6.72. The molecule has 3 rings (SSSR count). The SMILES string of the molecule is CCOc1ccc(C(=O)Oc2ccc(C=NNC(=O)COc3ccccc3[N+](=O)[O-])cc2)cc1. The lowest BCUT2D eigenvalue weighted by Gasteiger charge is -2.06. The molecule has 1 amide bonds. The van der Waals surface area contributed by atoms with Crippen LogP contribution in [0.3, 0.4) is 0 Å². The van der Waals surface area contributed by atoms with Crippen molar-refractivity contribution in [2.45, 2.75) is 6.92 Å². The molecule has 10 heteroatoms. The molecule has 0 heterocycles. The third-order valence-corrected chi connectivity index (χ3v) is 4.32. The van der Waals surface area contributed by atoms with Crippen LogP contribution < -0.4 is 19.6 Å². The number of carbonyl (C=O) groups is 2. The summed E-state index contributed by atoms with van der Waals surface area (Å²) in [6.45, 7) is 1.97. The van der Waals surface area contributed by atoms with Gasteiger partial charge >= 0.3 is 11.7 Å². The Morgan fingerprint density at radius 3 is 2.32 bits per heavy atom. The number of hydrogen-bond acceptors (Lipinski definition) is 8. The van der Waals surface area contributed by atoms with Crippen molar-refractivity contribution in [1.82, 2.24) is 5.43 Å². The van der Waals surface area contributed by atoms with Gasteiger partial charge in [-0.15, -0.1) is 0 Å². The molecule has 0 aliphatic heterocycles. The summed E-state index contributed by atoms with van der Waals surface area (Å²) < 4.78 is 15.9. The van der Waals surface area contributed by atoms with Gasteiger partial charge in [0.1, 0.15) is 11.5 Å². The Morgan fingerprint density at radius 1 is 0.971 bits per heavy atom. The molecule has 0 bridgehead atoms. The number of ether oxygens (including phenoxy) is 3. The Labute approximate surface area is 194 Å². The molecular formula is C24H21N3O7. The van der Waals surface area contributed by atoms with Gasteiger partial charge < -0.3 is 14.2 Å². The minimum absolute atomic E-state index is 0.0120. The van der Waals surface area contributed by atoms with Gasteiger partial charge in [-0.1, -0.05) is 12.1 Å². The van der Waals surface area contributed by atoms with Crippen molar-refractivity contribution in [3.63, 3.8) is 0 Å². The Kier molecular flexibility index (Phi) is 8.28. The van der Waals surface area contributed by atoms with E-state index in [1.807, 2.05) is 6.92 Å². The van der Waals surface area contributed by atoms with Crippen LogP contribution in [0.25, 0.3) is 0 Å². The van der Waals surface area contributed by atoms with E-state index in [9.17, 15) is 19.7 Å². The first-order valence-corrected chi connectivity index (χ1v) is 10.2. The van der Waals surface area contributed by atoms with Crippen LogP contribution in [-0.4, -0.2) is 36.2 Å². The van der Waals surface area contributed by atoms with Crippen molar-refractivity contribution in [3.05, 3.63) is 94.0 Å². The van der Waals surface area contributed by atoms with Crippen molar-refractivity contribution < 1.29 is 28.7 Å². The number of nitro benzene ring substituents is 1. The molecular weight excluding hydrogens is 442 g/mol. The molecule has 0 saturated carbocycles.